The van der Waals surface area contributed by atoms with Crippen LogP contribution in [0, 0.1) is 17.1 Å². The van der Waals surface area contributed by atoms with Crippen molar-refractivity contribution in [1.82, 2.24) is 4.90 Å². The largest absolute Gasteiger partial charge is 0.330 e. The highest BCUT2D eigenvalue weighted by Gasteiger charge is 2.24. The average molecular weight is 294 g/mol. The van der Waals surface area contributed by atoms with Crippen molar-refractivity contribution in [3.63, 3.8) is 0 Å². The summed E-state index contributed by atoms with van der Waals surface area (Å²) in [4.78, 5) is 14.2. The summed E-state index contributed by atoms with van der Waals surface area (Å²) in [5.74, 6) is -0.432. The van der Waals surface area contributed by atoms with Crippen LogP contribution in [-0.4, -0.2) is 10.8 Å². The van der Waals surface area contributed by atoms with Gasteiger partial charge >= 0.3 is 0 Å². The lowest BCUT2D eigenvalue weighted by atomic mass is 10.0. The smallest absolute Gasteiger partial charge is 0.254 e. The molecule has 1 amide bonds. The van der Waals surface area contributed by atoms with Crippen LogP contribution in [0.3, 0.4) is 0 Å². The fourth-order valence-electron chi connectivity index (χ4n) is 2.72. The summed E-state index contributed by atoms with van der Waals surface area (Å²) in [6.45, 7) is 1.13. The molecule has 0 radical (unpaired) electrons. The van der Waals surface area contributed by atoms with Crippen LogP contribution in [0.2, 0.25) is 0 Å². The fourth-order valence-corrected chi connectivity index (χ4v) is 2.72. The minimum Gasteiger partial charge on any atom is -0.330 e. The van der Waals surface area contributed by atoms with Crippen LogP contribution in [0.1, 0.15) is 33.5 Å². The molecule has 1 aliphatic rings. The molecule has 0 aromatic heterocycles. The van der Waals surface area contributed by atoms with E-state index in [2.05, 4.69) is 12.1 Å². The molecule has 22 heavy (non-hydrogen) atoms. The van der Waals surface area contributed by atoms with Crippen LogP contribution in [0.15, 0.2) is 42.5 Å². The zero-order valence-corrected chi connectivity index (χ0v) is 12.1. The Balaban J connectivity index is 1.75. The number of carbonyl (C=O) groups excluding carboxylic acids is 1. The first-order valence-corrected chi connectivity index (χ1v) is 7.20. The number of aryl methyl sites for hydroxylation is 1. The average Bonchev–Trinajstić information content (AvgIpc) is 2.96. The van der Waals surface area contributed by atoms with E-state index in [9.17, 15) is 9.18 Å². The van der Waals surface area contributed by atoms with Gasteiger partial charge in [-0.15, -0.1) is 0 Å². The Hall–Kier alpha value is -2.67. The second-order valence-electron chi connectivity index (χ2n) is 5.43. The van der Waals surface area contributed by atoms with E-state index in [-0.39, 0.29) is 11.7 Å². The van der Waals surface area contributed by atoms with Gasteiger partial charge in [-0.3, -0.25) is 4.79 Å². The van der Waals surface area contributed by atoms with Crippen LogP contribution in [0.25, 0.3) is 0 Å². The monoisotopic (exact) mass is 294 g/mol. The van der Waals surface area contributed by atoms with E-state index < -0.39 is 0 Å². The van der Waals surface area contributed by atoms with E-state index in [4.69, 9.17) is 5.26 Å². The number of hydrogen-bond donors (Lipinski definition) is 0. The van der Waals surface area contributed by atoms with E-state index in [1.165, 1.54) is 24.3 Å². The van der Waals surface area contributed by atoms with Gasteiger partial charge in [0.1, 0.15) is 5.82 Å². The first-order chi connectivity index (χ1) is 10.7. The summed E-state index contributed by atoms with van der Waals surface area (Å²) in [6.07, 6.45) is 1.23. The van der Waals surface area contributed by atoms with Crippen molar-refractivity contribution in [1.29, 1.82) is 5.26 Å². The Bertz CT molecular complexity index is 747. The second-order valence-corrected chi connectivity index (χ2v) is 5.43. The minimum absolute atomic E-state index is 0.0882. The van der Waals surface area contributed by atoms with Gasteiger partial charge in [0.05, 0.1) is 6.07 Å². The highest BCUT2D eigenvalue weighted by molar-refractivity contribution is 5.94. The highest BCUT2D eigenvalue weighted by Crippen LogP contribution is 2.25. The first-order valence-electron chi connectivity index (χ1n) is 7.20. The van der Waals surface area contributed by atoms with Crippen molar-refractivity contribution in [3.8, 4) is 6.07 Å². The lowest BCUT2D eigenvalue weighted by molar-refractivity contribution is 0.0751. The maximum Gasteiger partial charge on any atom is 0.254 e. The number of hydrogen-bond acceptors (Lipinski definition) is 2. The standard InChI is InChI=1S/C18H15FN2O/c19-17-7-5-14(6-8-17)18(22)21-11-15-4-3-13(2-1-9-20)10-16(15)12-21/h3-8,10H,1-2,11-12H2. The van der Waals surface area contributed by atoms with E-state index in [0.29, 0.717) is 25.1 Å². The number of halogens is 1. The molecule has 0 saturated carbocycles. The van der Waals surface area contributed by atoms with Crippen molar-refractivity contribution in [2.45, 2.75) is 25.9 Å². The van der Waals surface area contributed by atoms with Gasteiger partial charge in [-0.2, -0.15) is 5.26 Å². The van der Waals surface area contributed by atoms with Gasteiger partial charge < -0.3 is 4.90 Å². The Labute approximate surface area is 128 Å². The molecule has 0 fully saturated rings. The number of nitrogens with zero attached hydrogens (tertiary/aromatic N) is 2. The lowest BCUT2D eigenvalue weighted by Gasteiger charge is -2.15. The van der Waals surface area contributed by atoms with Gasteiger partial charge in [0, 0.05) is 25.1 Å². The van der Waals surface area contributed by atoms with Crippen LogP contribution >= 0.6 is 0 Å². The third-order valence-corrected chi connectivity index (χ3v) is 3.90. The number of amides is 1. The maximum atomic E-state index is 12.9. The zero-order valence-electron chi connectivity index (χ0n) is 12.1. The van der Waals surface area contributed by atoms with Crippen LogP contribution in [0.4, 0.5) is 4.39 Å². The van der Waals surface area contributed by atoms with Crippen molar-refractivity contribution in [2.24, 2.45) is 0 Å². The van der Waals surface area contributed by atoms with Crippen molar-refractivity contribution in [2.75, 3.05) is 0 Å². The predicted octanol–water partition coefficient (Wildman–Crippen LogP) is 3.44. The van der Waals surface area contributed by atoms with E-state index in [1.807, 2.05) is 12.1 Å². The molecular weight excluding hydrogens is 279 g/mol. The SMILES string of the molecule is N#CCCc1ccc2c(c1)CN(C(=O)c1ccc(F)cc1)C2. The van der Waals surface area contributed by atoms with E-state index in [1.54, 1.807) is 4.90 Å². The molecule has 0 N–H and O–H groups in total. The van der Waals surface area contributed by atoms with Crippen molar-refractivity contribution < 1.29 is 9.18 Å². The Morgan fingerprint density at radius 2 is 1.86 bits per heavy atom. The summed E-state index contributed by atoms with van der Waals surface area (Å²) in [7, 11) is 0. The van der Waals surface area contributed by atoms with Gasteiger partial charge in [-0.1, -0.05) is 18.2 Å². The first kappa shape index (κ1) is 14.3. The van der Waals surface area contributed by atoms with Gasteiger partial charge in [0.15, 0.2) is 0 Å². The topological polar surface area (TPSA) is 44.1 Å². The summed E-state index contributed by atoms with van der Waals surface area (Å²) in [6, 6.07) is 13.9. The quantitative estimate of drug-likeness (QED) is 0.870. The second kappa shape index (κ2) is 5.98. The molecule has 110 valence electrons. The molecular formula is C18H15FN2O. The molecule has 1 heterocycles. The predicted molar refractivity (Wildman–Crippen MR) is 80.4 cm³/mol. The van der Waals surface area contributed by atoms with Crippen molar-refractivity contribution >= 4 is 5.91 Å². The van der Waals surface area contributed by atoms with E-state index >= 15 is 0 Å². The number of rotatable bonds is 3. The summed E-state index contributed by atoms with van der Waals surface area (Å²) >= 11 is 0. The van der Waals surface area contributed by atoms with E-state index in [0.717, 1.165) is 23.1 Å². The van der Waals surface area contributed by atoms with Gasteiger partial charge in [-0.25, -0.2) is 4.39 Å². The zero-order chi connectivity index (χ0) is 15.5. The molecule has 0 unspecified atom stereocenters. The molecule has 0 atom stereocenters. The third-order valence-electron chi connectivity index (χ3n) is 3.90. The molecule has 0 spiro atoms. The van der Waals surface area contributed by atoms with Crippen molar-refractivity contribution in [3.05, 3.63) is 70.5 Å². The molecule has 3 rings (SSSR count). The molecule has 0 aliphatic carbocycles. The maximum absolute atomic E-state index is 12.9. The van der Waals surface area contributed by atoms with Crippen LogP contribution in [0.5, 0.6) is 0 Å². The van der Waals surface area contributed by atoms with Crippen LogP contribution < -0.4 is 0 Å². The normalized spacial score (nSPS) is 12.8. The Kier molecular flexibility index (Phi) is 3.88. The minimum atomic E-state index is -0.344. The van der Waals surface area contributed by atoms with Gasteiger partial charge in [0.2, 0.25) is 0 Å². The number of carbonyl (C=O) groups is 1. The fraction of sp³-hybridized carbons (Fsp3) is 0.222. The number of nitriles is 1. The van der Waals surface area contributed by atoms with Crippen LogP contribution in [-0.2, 0) is 19.5 Å². The third kappa shape index (κ3) is 2.84. The molecule has 1 aliphatic heterocycles. The lowest BCUT2D eigenvalue weighted by Crippen LogP contribution is -2.25. The molecule has 3 nitrogen and oxygen atoms in total. The molecule has 0 bridgehead atoms. The summed E-state index contributed by atoms with van der Waals surface area (Å²) in [5.41, 5.74) is 3.89. The number of fused-ring (bicyclic) bond motifs is 1. The Morgan fingerprint density at radius 3 is 2.59 bits per heavy atom. The highest BCUT2D eigenvalue weighted by atomic mass is 19.1. The Morgan fingerprint density at radius 1 is 1.14 bits per heavy atom. The number of benzene rings is 2. The molecule has 2 aromatic carbocycles. The molecule has 4 heteroatoms. The summed E-state index contributed by atoms with van der Waals surface area (Å²) < 4.78 is 12.9. The summed E-state index contributed by atoms with van der Waals surface area (Å²) in [5, 5.41) is 8.65. The molecule has 0 saturated heterocycles. The van der Waals surface area contributed by atoms with Gasteiger partial charge in [-0.05, 0) is 47.4 Å². The van der Waals surface area contributed by atoms with Gasteiger partial charge in [0.25, 0.3) is 5.91 Å². The molecule has 2 aromatic rings.